The Morgan fingerprint density at radius 2 is 1.00 bits per heavy atom. The molecular weight excluding hydrogens is 398 g/mol. The number of aryl methyl sites for hydroxylation is 1. The van der Waals surface area contributed by atoms with Gasteiger partial charge in [-0.3, -0.25) is 4.90 Å². The van der Waals surface area contributed by atoms with Crippen LogP contribution in [0.15, 0.2) is 121 Å². The first-order valence-electron chi connectivity index (χ1n) is 11.8. The molecule has 1 atom stereocenters. The molecule has 4 aromatic carbocycles. The van der Waals surface area contributed by atoms with Crippen LogP contribution < -0.4 is 0 Å². The average Bonchev–Trinajstić information content (AvgIpc) is 2.88. The molecule has 0 bridgehead atoms. The molecule has 164 valence electrons. The molecule has 1 nitrogen and oxygen atoms in total. The van der Waals surface area contributed by atoms with E-state index in [0.717, 1.165) is 37.9 Å². The van der Waals surface area contributed by atoms with Crippen molar-refractivity contribution in [2.45, 2.75) is 38.4 Å². The molecule has 0 N–H and O–H groups in total. The third kappa shape index (κ3) is 7.49. The van der Waals surface area contributed by atoms with E-state index in [-0.39, 0.29) is 6.04 Å². The van der Waals surface area contributed by atoms with Crippen molar-refractivity contribution in [3.63, 3.8) is 0 Å². The van der Waals surface area contributed by atoms with Crippen molar-refractivity contribution in [1.82, 2.24) is 4.90 Å². The second-order valence-corrected chi connectivity index (χ2v) is 8.41. The monoisotopic (exact) mass is 429 g/mol. The molecule has 1 unspecified atom stereocenters. The van der Waals surface area contributed by atoms with Gasteiger partial charge >= 0.3 is 0 Å². The number of nitrogens with zero attached hydrogens (tertiary/aromatic N) is 1. The molecule has 0 aliphatic heterocycles. The zero-order chi connectivity index (χ0) is 22.6. The van der Waals surface area contributed by atoms with Crippen LogP contribution in [0.3, 0.4) is 0 Å². The molecule has 0 aliphatic carbocycles. The summed E-state index contributed by atoms with van der Waals surface area (Å²) in [5, 5.41) is 0. The van der Waals surface area contributed by atoms with Crippen LogP contribution in [0, 0.1) is 11.8 Å². The highest BCUT2D eigenvalue weighted by molar-refractivity contribution is 5.35. The Morgan fingerprint density at radius 1 is 0.545 bits per heavy atom. The summed E-state index contributed by atoms with van der Waals surface area (Å²) in [6.07, 6.45) is 3.22. The molecule has 0 saturated heterocycles. The second-order valence-electron chi connectivity index (χ2n) is 8.41. The molecule has 1 heteroatoms. The summed E-state index contributed by atoms with van der Waals surface area (Å²) in [6, 6.07) is 42.8. The minimum atomic E-state index is 0.175. The Hall–Kier alpha value is -3.60. The van der Waals surface area contributed by atoms with Gasteiger partial charge in [-0.05, 0) is 48.1 Å². The quantitative estimate of drug-likeness (QED) is 0.256. The zero-order valence-electron chi connectivity index (χ0n) is 19.1. The topological polar surface area (TPSA) is 3.24 Å². The summed E-state index contributed by atoms with van der Waals surface area (Å²) in [5.74, 6) is 7.09. The predicted octanol–water partition coefficient (Wildman–Crippen LogP) is 7.13. The van der Waals surface area contributed by atoms with Gasteiger partial charge < -0.3 is 0 Å². The van der Waals surface area contributed by atoms with Crippen LogP contribution in [0.5, 0.6) is 0 Å². The van der Waals surface area contributed by atoms with Crippen LogP contribution in [-0.4, -0.2) is 10.9 Å². The molecule has 0 fully saturated rings. The maximum Gasteiger partial charge on any atom is 0.0724 e. The summed E-state index contributed by atoms with van der Waals surface area (Å²) in [4.78, 5) is 2.53. The first-order valence-corrected chi connectivity index (χ1v) is 11.8. The van der Waals surface area contributed by atoms with Crippen LogP contribution in [0.1, 0.15) is 35.1 Å². The molecule has 0 amide bonds. The SMILES string of the molecule is C(#CC(CCCc1ccccc1)N(Cc1ccccc1)Cc1ccccc1)c1ccccc1. The number of rotatable bonds is 9. The van der Waals surface area contributed by atoms with E-state index in [1.165, 1.54) is 16.7 Å². The van der Waals surface area contributed by atoms with E-state index >= 15 is 0 Å². The molecule has 0 aromatic heterocycles. The minimum Gasteiger partial charge on any atom is -0.281 e. The number of hydrogen-bond acceptors (Lipinski definition) is 1. The summed E-state index contributed by atoms with van der Waals surface area (Å²) < 4.78 is 0. The molecule has 33 heavy (non-hydrogen) atoms. The fraction of sp³-hybridized carbons (Fsp3) is 0.188. The Balaban J connectivity index is 1.57. The van der Waals surface area contributed by atoms with Gasteiger partial charge in [-0.1, -0.05) is 121 Å². The van der Waals surface area contributed by atoms with E-state index in [4.69, 9.17) is 0 Å². The molecule has 0 heterocycles. The van der Waals surface area contributed by atoms with Gasteiger partial charge in [-0.25, -0.2) is 0 Å². The Labute approximate surface area is 198 Å². The molecule has 0 radical (unpaired) electrons. The van der Waals surface area contributed by atoms with E-state index in [9.17, 15) is 0 Å². The van der Waals surface area contributed by atoms with E-state index in [2.05, 4.69) is 132 Å². The fourth-order valence-corrected chi connectivity index (χ4v) is 4.09. The van der Waals surface area contributed by atoms with Crippen molar-refractivity contribution in [1.29, 1.82) is 0 Å². The van der Waals surface area contributed by atoms with Gasteiger partial charge in [0.1, 0.15) is 0 Å². The second kappa shape index (κ2) is 12.4. The Bertz CT molecular complexity index is 1080. The smallest absolute Gasteiger partial charge is 0.0724 e. The summed E-state index contributed by atoms with van der Waals surface area (Å²) in [5.41, 5.74) is 5.11. The van der Waals surface area contributed by atoms with Crippen molar-refractivity contribution in [2.24, 2.45) is 0 Å². The van der Waals surface area contributed by atoms with Gasteiger partial charge in [0.25, 0.3) is 0 Å². The maximum atomic E-state index is 3.64. The van der Waals surface area contributed by atoms with Gasteiger partial charge in [-0.2, -0.15) is 0 Å². The van der Waals surface area contributed by atoms with Crippen molar-refractivity contribution in [2.75, 3.05) is 0 Å². The van der Waals surface area contributed by atoms with E-state index in [1.54, 1.807) is 0 Å². The summed E-state index contributed by atoms with van der Waals surface area (Å²) in [7, 11) is 0. The van der Waals surface area contributed by atoms with Crippen LogP contribution in [0.2, 0.25) is 0 Å². The lowest BCUT2D eigenvalue weighted by Gasteiger charge is -2.29. The van der Waals surface area contributed by atoms with E-state index in [0.29, 0.717) is 0 Å². The van der Waals surface area contributed by atoms with Gasteiger partial charge in [-0.15, -0.1) is 0 Å². The lowest BCUT2D eigenvalue weighted by molar-refractivity contribution is 0.206. The zero-order valence-corrected chi connectivity index (χ0v) is 19.1. The lowest BCUT2D eigenvalue weighted by Crippen LogP contribution is -2.33. The molecule has 0 spiro atoms. The van der Waals surface area contributed by atoms with Gasteiger partial charge in [0.15, 0.2) is 0 Å². The van der Waals surface area contributed by atoms with Crippen molar-refractivity contribution in [3.05, 3.63) is 144 Å². The third-order valence-corrected chi connectivity index (χ3v) is 5.84. The predicted molar refractivity (Wildman–Crippen MR) is 139 cm³/mol. The number of benzene rings is 4. The fourth-order valence-electron chi connectivity index (χ4n) is 4.09. The van der Waals surface area contributed by atoms with Crippen LogP contribution in [-0.2, 0) is 19.5 Å². The number of hydrogen-bond donors (Lipinski definition) is 0. The van der Waals surface area contributed by atoms with Crippen LogP contribution in [0.4, 0.5) is 0 Å². The Kier molecular flexibility index (Phi) is 8.52. The largest absolute Gasteiger partial charge is 0.281 e. The maximum absolute atomic E-state index is 3.64. The van der Waals surface area contributed by atoms with E-state index < -0.39 is 0 Å². The van der Waals surface area contributed by atoms with E-state index in [1.807, 2.05) is 6.07 Å². The standard InChI is InChI=1S/C32H31N/c1-5-14-28(15-6-1)22-13-23-32(25-24-29-16-7-2-8-17-29)33(26-30-18-9-3-10-19-30)27-31-20-11-4-12-21-31/h1-12,14-21,32H,13,22-23,26-27H2. The normalized spacial score (nSPS) is 11.5. The van der Waals surface area contributed by atoms with Crippen LogP contribution in [0.25, 0.3) is 0 Å². The Morgan fingerprint density at radius 3 is 1.52 bits per heavy atom. The molecule has 0 saturated carbocycles. The highest BCUT2D eigenvalue weighted by atomic mass is 15.1. The minimum absolute atomic E-state index is 0.175. The van der Waals surface area contributed by atoms with Gasteiger partial charge in [0, 0.05) is 18.7 Å². The van der Waals surface area contributed by atoms with Gasteiger partial charge in [0.05, 0.1) is 6.04 Å². The third-order valence-electron chi connectivity index (χ3n) is 5.84. The molecule has 4 aromatic rings. The van der Waals surface area contributed by atoms with Crippen molar-refractivity contribution in [3.8, 4) is 11.8 Å². The summed E-state index contributed by atoms with van der Waals surface area (Å²) in [6.45, 7) is 1.77. The lowest BCUT2D eigenvalue weighted by atomic mass is 10.0. The van der Waals surface area contributed by atoms with Crippen LogP contribution >= 0.6 is 0 Å². The average molecular weight is 430 g/mol. The highest BCUT2D eigenvalue weighted by Crippen LogP contribution is 2.18. The first-order chi connectivity index (χ1) is 16.4. The molecular formula is C32H31N. The summed E-state index contributed by atoms with van der Waals surface area (Å²) >= 11 is 0. The molecule has 0 aliphatic rings. The first kappa shape index (κ1) is 22.6. The highest BCUT2D eigenvalue weighted by Gasteiger charge is 2.17. The van der Waals surface area contributed by atoms with Gasteiger partial charge in [0.2, 0.25) is 0 Å². The van der Waals surface area contributed by atoms with Crippen molar-refractivity contribution >= 4 is 0 Å². The molecule has 4 rings (SSSR count). The van der Waals surface area contributed by atoms with Crippen molar-refractivity contribution < 1.29 is 0 Å².